The molecule has 0 bridgehead atoms. The van der Waals surface area contributed by atoms with Crippen LogP contribution >= 0.6 is 21.4 Å². The lowest BCUT2D eigenvalue weighted by Crippen LogP contribution is -2.10. The minimum atomic E-state index is -3.23. The fourth-order valence-electron chi connectivity index (χ4n) is 1.87. The quantitative estimate of drug-likeness (QED) is 0.540. The monoisotopic (exact) mass is 352 g/mol. The highest BCUT2D eigenvalue weighted by Crippen LogP contribution is 2.26. The standard InChI is InChI=1S/C6H13ClO2S.C5H9ClO2S/c1-2-3-4-5-6-10(7,8)9;6-9(7,8)5-3-1-2-4-5/h2-6H2,1H3;5H,1-4H2. The zero-order valence-corrected chi connectivity index (χ0v) is 14.3. The van der Waals surface area contributed by atoms with Crippen molar-refractivity contribution in [3.8, 4) is 0 Å². The first-order chi connectivity index (χ1) is 8.67. The van der Waals surface area contributed by atoms with Crippen LogP contribution < -0.4 is 0 Å². The first kappa shape index (κ1) is 19.5. The Hall–Kier alpha value is 0.480. The van der Waals surface area contributed by atoms with Crippen LogP contribution in [0.2, 0.25) is 0 Å². The Morgan fingerprint density at radius 2 is 1.47 bits per heavy atom. The van der Waals surface area contributed by atoms with Crippen LogP contribution in [0.4, 0.5) is 0 Å². The Labute approximate surface area is 125 Å². The number of hydrogen-bond acceptors (Lipinski definition) is 4. The van der Waals surface area contributed by atoms with Gasteiger partial charge in [0.15, 0.2) is 0 Å². The number of rotatable bonds is 6. The highest BCUT2D eigenvalue weighted by Gasteiger charge is 2.26. The Balaban J connectivity index is 0.000000342. The van der Waals surface area contributed by atoms with E-state index in [4.69, 9.17) is 21.4 Å². The van der Waals surface area contributed by atoms with E-state index in [1.165, 1.54) is 0 Å². The van der Waals surface area contributed by atoms with Crippen molar-refractivity contribution in [2.24, 2.45) is 0 Å². The summed E-state index contributed by atoms with van der Waals surface area (Å²) in [7, 11) is 3.63. The van der Waals surface area contributed by atoms with Crippen molar-refractivity contribution in [2.45, 2.75) is 63.5 Å². The molecule has 1 saturated carbocycles. The second-order valence-electron chi connectivity index (χ2n) is 4.69. The van der Waals surface area contributed by atoms with Gasteiger partial charge in [0.2, 0.25) is 18.1 Å². The fraction of sp³-hybridized carbons (Fsp3) is 1.00. The zero-order chi connectivity index (χ0) is 14.9. The van der Waals surface area contributed by atoms with E-state index in [1.54, 1.807) is 0 Å². The molecule has 0 radical (unpaired) electrons. The third-order valence-corrected chi connectivity index (χ3v) is 6.20. The van der Waals surface area contributed by atoms with Crippen molar-refractivity contribution < 1.29 is 16.8 Å². The van der Waals surface area contributed by atoms with Gasteiger partial charge in [-0.3, -0.25) is 0 Å². The van der Waals surface area contributed by atoms with Gasteiger partial charge < -0.3 is 0 Å². The van der Waals surface area contributed by atoms with Crippen LogP contribution in [0.25, 0.3) is 0 Å². The molecule has 1 aliphatic rings. The maximum Gasteiger partial charge on any atom is 0.235 e. The molecule has 0 aliphatic heterocycles. The second-order valence-corrected chi connectivity index (χ2v) is 10.5. The van der Waals surface area contributed by atoms with Crippen LogP contribution in [0.3, 0.4) is 0 Å². The molecule has 0 saturated heterocycles. The summed E-state index contributed by atoms with van der Waals surface area (Å²) in [5.41, 5.74) is 0. The Morgan fingerprint density at radius 1 is 0.947 bits per heavy atom. The van der Waals surface area contributed by atoms with Gasteiger partial charge in [-0.1, -0.05) is 39.0 Å². The average Bonchev–Trinajstić information content (AvgIpc) is 2.77. The molecule has 8 heteroatoms. The van der Waals surface area contributed by atoms with Crippen LogP contribution in [0.1, 0.15) is 58.3 Å². The smallest absolute Gasteiger partial charge is 0.212 e. The summed E-state index contributed by atoms with van der Waals surface area (Å²) in [4.78, 5) is 0. The third-order valence-electron chi connectivity index (χ3n) is 2.94. The SMILES string of the molecule is CCCCCCS(=O)(=O)Cl.O=S(=O)(Cl)C1CCCC1. The van der Waals surface area contributed by atoms with E-state index in [1.807, 2.05) is 0 Å². The molecule has 0 aromatic rings. The largest absolute Gasteiger partial charge is 0.235 e. The Kier molecular flexibility index (Phi) is 9.66. The van der Waals surface area contributed by atoms with Gasteiger partial charge in [-0.05, 0) is 19.3 Å². The van der Waals surface area contributed by atoms with Gasteiger partial charge in [0.1, 0.15) is 0 Å². The fourth-order valence-corrected chi connectivity index (χ4v) is 4.18. The lowest BCUT2D eigenvalue weighted by molar-refractivity contribution is 0.594. The highest BCUT2D eigenvalue weighted by molar-refractivity contribution is 8.14. The van der Waals surface area contributed by atoms with Crippen molar-refractivity contribution in [1.29, 1.82) is 0 Å². The van der Waals surface area contributed by atoms with E-state index < -0.39 is 18.1 Å². The van der Waals surface area contributed by atoms with E-state index in [0.717, 1.165) is 44.9 Å². The minimum Gasteiger partial charge on any atom is -0.212 e. The van der Waals surface area contributed by atoms with E-state index in [-0.39, 0.29) is 11.0 Å². The first-order valence-corrected chi connectivity index (χ1v) is 11.4. The van der Waals surface area contributed by atoms with E-state index in [9.17, 15) is 16.8 Å². The van der Waals surface area contributed by atoms with Gasteiger partial charge >= 0.3 is 0 Å². The van der Waals surface area contributed by atoms with Crippen LogP contribution in [0.5, 0.6) is 0 Å². The van der Waals surface area contributed by atoms with Gasteiger partial charge in [0.05, 0.1) is 11.0 Å². The topological polar surface area (TPSA) is 68.3 Å². The van der Waals surface area contributed by atoms with E-state index >= 15 is 0 Å². The summed E-state index contributed by atoms with van der Waals surface area (Å²) < 4.78 is 41.9. The van der Waals surface area contributed by atoms with Gasteiger partial charge in [-0.2, -0.15) is 0 Å². The molecule has 0 atom stereocenters. The van der Waals surface area contributed by atoms with Crippen molar-refractivity contribution >= 4 is 39.5 Å². The summed E-state index contributed by atoms with van der Waals surface area (Å²) >= 11 is 0. The molecule has 0 spiro atoms. The molecule has 0 N–H and O–H groups in total. The number of unbranched alkanes of at least 4 members (excludes halogenated alkanes) is 3. The van der Waals surface area contributed by atoms with Crippen LogP contribution in [0, 0.1) is 0 Å². The molecule has 19 heavy (non-hydrogen) atoms. The van der Waals surface area contributed by atoms with E-state index in [0.29, 0.717) is 6.42 Å². The molecule has 0 amide bonds. The molecular formula is C11H22Cl2O4S2. The molecule has 116 valence electrons. The van der Waals surface area contributed by atoms with Gasteiger partial charge in [0.25, 0.3) is 0 Å². The molecule has 1 rings (SSSR count). The Bertz CT molecular complexity index is 426. The van der Waals surface area contributed by atoms with Crippen LogP contribution in [-0.4, -0.2) is 27.8 Å². The average molecular weight is 353 g/mol. The van der Waals surface area contributed by atoms with Crippen LogP contribution in [-0.2, 0) is 18.1 Å². The van der Waals surface area contributed by atoms with Crippen molar-refractivity contribution in [3.05, 3.63) is 0 Å². The Morgan fingerprint density at radius 3 is 1.79 bits per heavy atom. The maximum atomic E-state index is 10.6. The molecular weight excluding hydrogens is 331 g/mol. The third kappa shape index (κ3) is 12.0. The van der Waals surface area contributed by atoms with Crippen LogP contribution in [0.15, 0.2) is 0 Å². The summed E-state index contributed by atoms with van der Waals surface area (Å²) in [6, 6.07) is 0. The summed E-state index contributed by atoms with van der Waals surface area (Å²) in [6.07, 6.45) is 7.39. The van der Waals surface area contributed by atoms with Gasteiger partial charge in [0, 0.05) is 21.4 Å². The molecule has 4 nitrogen and oxygen atoms in total. The molecule has 0 aromatic heterocycles. The van der Waals surface area contributed by atoms with Gasteiger partial charge in [-0.15, -0.1) is 0 Å². The number of hydrogen-bond donors (Lipinski definition) is 0. The molecule has 0 heterocycles. The number of halogens is 2. The predicted molar refractivity (Wildman–Crippen MR) is 80.8 cm³/mol. The maximum absolute atomic E-state index is 10.6. The lowest BCUT2D eigenvalue weighted by Gasteiger charge is -2.00. The van der Waals surface area contributed by atoms with Crippen molar-refractivity contribution in [1.82, 2.24) is 0 Å². The molecule has 0 aromatic carbocycles. The normalized spacial score (nSPS) is 17.0. The highest BCUT2D eigenvalue weighted by atomic mass is 35.7. The summed E-state index contributed by atoms with van der Waals surface area (Å²) in [6.45, 7) is 2.08. The van der Waals surface area contributed by atoms with Crippen molar-refractivity contribution in [2.75, 3.05) is 5.75 Å². The minimum absolute atomic E-state index is 0.120. The first-order valence-electron chi connectivity index (χ1n) is 6.52. The van der Waals surface area contributed by atoms with E-state index in [2.05, 4.69) is 6.92 Å². The van der Waals surface area contributed by atoms with Crippen molar-refractivity contribution in [3.63, 3.8) is 0 Å². The van der Waals surface area contributed by atoms with Gasteiger partial charge in [-0.25, -0.2) is 16.8 Å². The summed E-state index contributed by atoms with van der Waals surface area (Å²) in [5.74, 6) is 0.120. The predicted octanol–water partition coefficient (Wildman–Crippen LogP) is 3.63. The lowest BCUT2D eigenvalue weighted by atomic mass is 10.2. The second kappa shape index (κ2) is 9.42. The molecule has 1 fully saturated rings. The summed E-state index contributed by atoms with van der Waals surface area (Å²) in [5, 5.41) is -0.251. The molecule has 0 unspecified atom stereocenters. The molecule has 1 aliphatic carbocycles. The zero-order valence-electron chi connectivity index (χ0n) is 11.1.